The van der Waals surface area contributed by atoms with Crippen LogP contribution in [-0.4, -0.2) is 51.0 Å². The van der Waals surface area contributed by atoms with E-state index in [1.165, 1.54) is 28.4 Å². The first-order valence-electron chi connectivity index (χ1n) is 11.4. The molecule has 7 nitrogen and oxygen atoms in total. The van der Waals surface area contributed by atoms with E-state index in [0.29, 0.717) is 17.7 Å². The van der Waals surface area contributed by atoms with Crippen molar-refractivity contribution in [2.75, 3.05) is 24.2 Å². The quantitative estimate of drug-likeness (QED) is 0.492. The molecule has 0 saturated heterocycles. The summed E-state index contributed by atoms with van der Waals surface area (Å²) in [5.41, 5.74) is 2.35. The van der Waals surface area contributed by atoms with Gasteiger partial charge in [-0.05, 0) is 54.7 Å². The first kappa shape index (κ1) is 27.3. The smallest absolute Gasteiger partial charge is 0.242 e. The second kappa shape index (κ2) is 12.5. The monoisotopic (exact) mass is 491 g/mol. The second-order valence-corrected chi connectivity index (χ2v) is 10.1. The van der Waals surface area contributed by atoms with Crippen molar-refractivity contribution in [2.24, 2.45) is 0 Å². The predicted octanol–water partition coefficient (Wildman–Crippen LogP) is 3.49. The highest BCUT2D eigenvalue weighted by molar-refractivity contribution is 7.92. The molecule has 1 N–H and O–H groups in total. The minimum atomic E-state index is -3.54. The van der Waals surface area contributed by atoms with Gasteiger partial charge in [-0.2, -0.15) is 0 Å². The van der Waals surface area contributed by atoms with Crippen LogP contribution in [0.1, 0.15) is 44.2 Å². The molecule has 1 atom stereocenters. The summed E-state index contributed by atoms with van der Waals surface area (Å²) < 4.78 is 39.4. The summed E-state index contributed by atoms with van der Waals surface area (Å²) in [4.78, 5) is 27.1. The normalized spacial score (nSPS) is 12.1. The SMILES string of the molecule is CCc1ccc(N(CCCC(=O)N(Cc2ccc(F)cc2)[C@@H](CC)C(=O)NC)S(C)(=O)=O)cc1. The molecule has 9 heteroatoms. The highest BCUT2D eigenvalue weighted by Crippen LogP contribution is 2.20. The van der Waals surface area contributed by atoms with E-state index in [-0.39, 0.29) is 43.6 Å². The lowest BCUT2D eigenvalue weighted by Gasteiger charge is -2.30. The van der Waals surface area contributed by atoms with Crippen molar-refractivity contribution < 1.29 is 22.4 Å². The molecule has 186 valence electrons. The van der Waals surface area contributed by atoms with Crippen molar-refractivity contribution in [3.8, 4) is 0 Å². The van der Waals surface area contributed by atoms with Gasteiger partial charge in [-0.3, -0.25) is 13.9 Å². The summed E-state index contributed by atoms with van der Waals surface area (Å²) in [6.45, 7) is 4.13. The third kappa shape index (κ3) is 7.55. The fraction of sp³-hybridized carbons (Fsp3) is 0.440. The fourth-order valence-corrected chi connectivity index (χ4v) is 4.74. The number of hydrogen-bond donors (Lipinski definition) is 1. The van der Waals surface area contributed by atoms with Crippen molar-refractivity contribution >= 4 is 27.5 Å². The Labute approximate surface area is 202 Å². The highest BCUT2D eigenvalue weighted by Gasteiger charge is 2.28. The maximum Gasteiger partial charge on any atom is 0.242 e. The Morgan fingerprint density at radius 2 is 1.59 bits per heavy atom. The Bertz CT molecular complexity index is 1060. The molecule has 0 bridgehead atoms. The number of benzene rings is 2. The van der Waals surface area contributed by atoms with Crippen molar-refractivity contribution in [1.29, 1.82) is 0 Å². The minimum Gasteiger partial charge on any atom is -0.357 e. The molecule has 34 heavy (non-hydrogen) atoms. The molecular weight excluding hydrogens is 457 g/mol. The number of rotatable bonds is 12. The average molecular weight is 492 g/mol. The number of nitrogens with zero attached hydrogens (tertiary/aromatic N) is 2. The van der Waals surface area contributed by atoms with Crippen molar-refractivity contribution in [1.82, 2.24) is 10.2 Å². The van der Waals surface area contributed by atoms with Crippen molar-refractivity contribution in [2.45, 2.75) is 52.1 Å². The summed E-state index contributed by atoms with van der Waals surface area (Å²) >= 11 is 0. The van der Waals surface area contributed by atoms with Gasteiger partial charge in [-0.25, -0.2) is 12.8 Å². The van der Waals surface area contributed by atoms with Crippen LogP contribution < -0.4 is 9.62 Å². The van der Waals surface area contributed by atoms with Gasteiger partial charge >= 0.3 is 0 Å². The van der Waals surface area contributed by atoms with Gasteiger partial charge in [0.2, 0.25) is 21.8 Å². The van der Waals surface area contributed by atoms with Crippen LogP contribution in [0.5, 0.6) is 0 Å². The first-order valence-corrected chi connectivity index (χ1v) is 13.3. The average Bonchev–Trinajstić information content (AvgIpc) is 2.82. The van der Waals surface area contributed by atoms with Gasteiger partial charge in [-0.15, -0.1) is 0 Å². The molecule has 0 fully saturated rings. The Morgan fingerprint density at radius 1 is 1.00 bits per heavy atom. The summed E-state index contributed by atoms with van der Waals surface area (Å²) in [5.74, 6) is -0.936. The molecule has 0 aromatic heterocycles. The number of hydrogen-bond acceptors (Lipinski definition) is 4. The van der Waals surface area contributed by atoms with Crippen molar-refractivity contribution in [3.63, 3.8) is 0 Å². The molecule has 0 aliphatic heterocycles. The van der Waals surface area contributed by atoms with Gasteiger partial charge in [-0.1, -0.05) is 38.1 Å². The number of carbonyl (C=O) groups excluding carboxylic acids is 2. The summed E-state index contributed by atoms with van der Waals surface area (Å²) in [5, 5.41) is 2.59. The van der Waals surface area contributed by atoms with E-state index in [0.717, 1.165) is 18.2 Å². The van der Waals surface area contributed by atoms with Crippen LogP contribution in [0.15, 0.2) is 48.5 Å². The zero-order valence-electron chi connectivity index (χ0n) is 20.3. The molecule has 2 aromatic rings. The van der Waals surface area contributed by atoms with Gasteiger partial charge in [0, 0.05) is 26.6 Å². The summed E-state index contributed by atoms with van der Waals surface area (Å²) in [6.07, 6.45) is 2.74. The van der Waals surface area contributed by atoms with E-state index in [9.17, 15) is 22.4 Å². The van der Waals surface area contributed by atoms with E-state index in [1.807, 2.05) is 26.0 Å². The van der Waals surface area contributed by atoms with Crippen LogP contribution in [0.2, 0.25) is 0 Å². The lowest BCUT2D eigenvalue weighted by atomic mass is 10.1. The van der Waals surface area contributed by atoms with Crippen LogP contribution in [0.4, 0.5) is 10.1 Å². The maximum atomic E-state index is 13.3. The number of sulfonamides is 1. The van der Waals surface area contributed by atoms with E-state index in [1.54, 1.807) is 24.3 Å². The van der Waals surface area contributed by atoms with Crippen LogP contribution in [0.3, 0.4) is 0 Å². The highest BCUT2D eigenvalue weighted by atomic mass is 32.2. The molecule has 2 aromatic carbocycles. The molecule has 2 amide bonds. The largest absolute Gasteiger partial charge is 0.357 e. The summed E-state index contributed by atoms with van der Waals surface area (Å²) in [7, 11) is -2.02. The molecule has 0 spiro atoms. The van der Waals surface area contributed by atoms with E-state index < -0.39 is 16.1 Å². The molecule has 0 saturated carbocycles. The number of aryl methyl sites for hydroxylation is 1. The zero-order valence-corrected chi connectivity index (χ0v) is 21.1. The Morgan fingerprint density at radius 3 is 2.09 bits per heavy atom. The lowest BCUT2D eigenvalue weighted by Crippen LogP contribution is -2.48. The van der Waals surface area contributed by atoms with E-state index in [2.05, 4.69) is 5.32 Å². The van der Waals surface area contributed by atoms with Gasteiger partial charge in [0.05, 0.1) is 11.9 Å². The number of carbonyl (C=O) groups is 2. The van der Waals surface area contributed by atoms with Crippen LogP contribution in [0, 0.1) is 5.82 Å². The van der Waals surface area contributed by atoms with E-state index in [4.69, 9.17) is 0 Å². The Hall–Kier alpha value is -2.94. The maximum absolute atomic E-state index is 13.3. The number of likely N-dealkylation sites (N-methyl/N-ethyl adjacent to an activating group) is 1. The summed E-state index contributed by atoms with van der Waals surface area (Å²) in [6, 6.07) is 12.4. The van der Waals surface area contributed by atoms with Crippen LogP contribution in [0.25, 0.3) is 0 Å². The molecule has 0 aliphatic rings. The third-order valence-corrected chi connectivity index (χ3v) is 6.88. The molecular formula is C25H34FN3O4S. The van der Waals surface area contributed by atoms with E-state index >= 15 is 0 Å². The lowest BCUT2D eigenvalue weighted by molar-refractivity contribution is -0.141. The van der Waals surface area contributed by atoms with Crippen LogP contribution in [-0.2, 0) is 32.6 Å². The molecule has 0 heterocycles. The first-order chi connectivity index (χ1) is 16.1. The van der Waals surface area contributed by atoms with Crippen LogP contribution >= 0.6 is 0 Å². The predicted molar refractivity (Wildman–Crippen MR) is 132 cm³/mol. The standard InChI is InChI=1S/C25H34FN3O4S/c1-5-19-11-15-22(16-12-19)29(34(4,32)33)17-7-8-24(30)28(23(6-2)25(31)27-3)18-20-9-13-21(26)14-10-20/h9-16,23H,5-8,17-18H2,1-4H3,(H,27,31)/t23-/m0/s1. The topological polar surface area (TPSA) is 86.8 Å². The second-order valence-electron chi connectivity index (χ2n) is 8.15. The Balaban J connectivity index is 2.17. The molecule has 0 radical (unpaired) electrons. The van der Waals surface area contributed by atoms with Gasteiger partial charge in [0.25, 0.3) is 0 Å². The molecule has 0 unspecified atom stereocenters. The van der Waals surface area contributed by atoms with Gasteiger partial charge < -0.3 is 10.2 Å². The third-order valence-electron chi connectivity index (χ3n) is 5.68. The van der Waals surface area contributed by atoms with Crippen molar-refractivity contribution in [3.05, 3.63) is 65.5 Å². The fourth-order valence-electron chi connectivity index (χ4n) is 3.77. The number of anilines is 1. The minimum absolute atomic E-state index is 0.0632. The molecule has 2 rings (SSSR count). The number of nitrogens with one attached hydrogen (secondary N) is 1. The Kier molecular flexibility index (Phi) is 10.0. The number of halogens is 1. The number of amides is 2. The van der Waals surface area contributed by atoms with Gasteiger partial charge in [0.15, 0.2) is 0 Å². The zero-order chi connectivity index (χ0) is 25.3. The van der Waals surface area contributed by atoms with Gasteiger partial charge in [0.1, 0.15) is 11.9 Å². The molecule has 0 aliphatic carbocycles.